The van der Waals surface area contributed by atoms with E-state index in [0.717, 1.165) is 11.3 Å². The fraction of sp³-hybridized carbons (Fsp3) is 0.188. The van der Waals surface area contributed by atoms with Crippen molar-refractivity contribution in [3.05, 3.63) is 51.0 Å². The van der Waals surface area contributed by atoms with Crippen LogP contribution in [0.4, 0.5) is 5.69 Å². The lowest BCUT2D eigenvalue weighted by Crippen LogP contribution is -2.01. The summed E-state index contributed by atoms with van der Waals surface area (Å²) >= 11 is 18.1. The van der Waals surface area contributed by atoms with E-state index in [1.807, 2.05) is 25.1 Å². The number of rotatable bonds is 5. The molecule has 0 aliphatic carbocycles. The van der Waals surface area contributed by atoms with E-state index in [2.05, 4.69) is 10.5 Å². The molecule has 0 unspecified atom stereocenters. The second kappa shape index (κ2) is 7.77. The Bertz CT molecular complexity index is 725. The molecule has 0 atom stereocenters. The fourth-order valence-corrected chi connectivity index (χ4v) is 2.82. The van der Waals surface area contributed by atoms with Gasteiger partial charge in [-0.25, -0.2) is 0 Å². The third kappa shape index (κ3) is 4.22. The number of hydrogen-bond donors (Lipinski definition) is 1. The maximum absolute atomic E-state index is 6.11. The van der Waals surface area contributed by atoms with Crippen molar-refractivity contribution in [1.29, 1.82) is 0 Å². The quantitative estimate of drug-likeness (QED) is 0.556. The molecular weight excluding hydrogens is 359 g/mol. The normalized spacial score (nSPS) is 11.3. The summed E-state index contributed by atoms with van der Waals surface area (Å²) in [5.74, 6) is 1.28. The topological polar surface area (TPSA) is 42.8 Å². The van der Waals surface area contributed by atoms with Gasteiger partial charge in [0.1, 0.15) is 0 Å². The smallest absolute Gasteiger partial charge is 0.161 e. The summed E-state index contributed by atoms with van der Waals surface area (Å²) in [6, 6.07) is 8.73. The minimum absolute atomic E-state index is 0.395. The first-order chi connectivity index (χ1) is 11.0. The average Bonchev–Trinajstić information content (AvgIpc) is 2.52. The van der Waals surface area contributed by atoms with Crippen molar-refractivity contribution in [3.8, 4) is 11.5 Å². The number of nitrogens with zero attached hydrogens (tertiary/aromatic N) is 1. The molecule has 23 heavy (non-hydrogen) atoms. The molecule has 1 N–H and O–H groups in total. The third-order valence-electron chi connectivity index (χ3n) is 3.14. The lowest BCUT2D eigenvalue weighted by Gasteiger charge is -2.11. The van der Waals surface area contributed by atoms with Crippen LogP contribution in [0.3, 0.4) is 0 Å². The molecule has 0 aliphatic heterocycles. The Hall–Kier alpha value is -1.62. The highest BCUT2D eigenvalue weighted by molar-refractivity contribution is 6.41. The lowest BCUT2D eigenvalue weighted by atomic mass is 10.1. The minimum Gasteiger partial charge on any atom is -0.493 e. The van der Waals surface area contributed by atoms with Gasteiger partial charge >= 0.3 is 0 Å². The van der Waals surface area contributed by atoms with Crippen LogP contribution >= 0.6 is 34.8 Å². The standard InChI is InChI=1S/C16H15Cl3N2O2/c1-9(10-4-5-14(22-2)15(6-10)23-3)20-21-16-12(18)7-11(17)8-13(16)19/h4-8,21H,1-3H3/b20-9-. The average molecular weight is 374 g/mol. The van der Waals surface area contributed by atoms with Crippen LogP contribution in [0.15, 0.2) is 35.4 Å². The molecule has 0 amide bonds. The zero-order chi connectivity index (χ0) is 17.0. The molecule has 2 aromatic carbocycles. The summed E-state index contributed by atoms with van der Waals surface area (Å²) < 4.78 is 10.5. The Morgan fingerprint density at radius 2 is 1.57 bits per heavy atom. The second-order valence-corrected chi connectivity index (χ2v) is 5.87. The van der Waals surface area contributed by atoms with E-state index < -0.39 is 0 Å². The summed E-state index contributed by atoms with van der Waals surface area (Å²) in [5, 5.41) is 5.56. The summed E-state index contributed by atoms with van der Waals surface area (Å²) in [4.78, 5) is 0. The van der Waals surface area contributed by atoms with Crippen LogP contribution in [-0.2, 0) is 0 Å². The summed E-state index contributed by atoms with van der Waals surface area (Å²) in [7, 11) is 3.17. The molecule has 0 saturated heterocycles. The highest BCUT2D eigenvalue weighted by Gasteiger charge is 2.09. The van der Waals surface area contributed by atoms with Crippen LogP contribution in [0, 0.1) is 0 Å². The first kappa shape index (κ1) is 17.7. The monoisotopic (exact) mass is 372 g/mol. The van der Waals surface area contributed by atoms with Crippen molar-refractivity contribution < 1.29 is 9.47 Å². The van der Waals surface area contributed by atoms with E-state index in [4.69, 9.17) is 44.3 Å². The molecule has 0 fully saturated rings. The fourth-order valence-electron chi connectivity index (χ4n) is 1.91. The molecule has 0 aliphatic rings. The Kier molecular flexibility index (Phi) is 5.99. The van der Waals surface area contributed by atoms with Gasteiger partial charge in [-0.15, -0.1) is 0 Å². The van der Waals surface area contributed by atoms with E-state index in [1.54, 1.807) is 26.4 Å². The van der Waals surface area contributed by atoms with Gasteiger partial charge in [0.15, 0.2) is 11.5 Å². The molecule has 0 aromatic heterocycles. The van der Waals surface area contributed by atoms with Crippen molar-refractivity contribution in [3.63, 3.8) is 0 Å². The summed E-state index contributed by atoms with van der Waals surface area (Å²) in [6.07, 6.45) is 0. The van der Waals surface area contributed by atoms with E-state index in [1.165, 1.54) is 0 Å². The van der Waals surface area contributed by atoms with Gasteiger partial charge in [0, 0.05) is 10.6 Å². The van der Waals surface area contributed by atoms with E-state index >= 15 is 0 Å². The number of anilines is 1. The first-order valence-electron chi connectivity index (χ1n) is 6.63. The Morgan fingerprint density at radius 3 is 2.13 bits per heavy atom. The maximum atomic E-state index is 6.11. The van der Waals surface area contributed by atoms with Gasteiger partial charge in [0.05, 0.1) is 35.7 Å². The van der Waals surface area contributed by atoms with Crippen LogP contribution in [0.5, 0.6) is 11.5 Å². The number of benzene rings is 2. The molecule has 0 spiro atoms. The Balaban J connectivity index is 2.27. The van der Waals surface area contributed by atoms with E-state index in [-0.39, 0.29) is 0 Å². The van der Waals surface area contributed by atoms with Gasteiger partial charge in [-0.1, -0.05) is 34.8 Å². The molecule has 0 saturated carbocycles. The molecule has 0 radical (unpaired) electrons. The van der Waals surface area contributed by atoms with Gasteiger partial charge in [0.25, 0.3) is 0 Å². The van der Waals surface area contributed by atoms with Gasteiger partial charge in [-0.05, 0) is 37.3 Å². The van der Waals surface area contributed by atoms with Crippen molar-refractivity contribution in [2.24, 2.45) is 5.10 Å². The highest BCUT2D eigenvalue weighted by Crippen LogP contribution is 2.34. The molecule has 122 valence electrons. The van der Waals surface area contributed by atoms with Gasteiger partial charge < -0.3 is 9.47 Å². The van der Waals surface area contributed by atoms with Crippen molar-refractivity contribution in [2.45, 2.75) is 6.92 Å². The number of ether oxygens (including phenoxy) is 2. The van der Waals surface area contributed by atoms with Crippen molar-refractivity contribution in [1.82, 2.24) is 0 Å². The number of nitrogens with one attached hydrogen (secondary N) is 1. The van der Waals surface area contributed by atoms with Crippen molar-refractivity contribution in [2.75, 3.05) is 19.6 Å². The number of hydrogen-bond acceptors (Lipinski definition) is 4. The summed E-state index contributed by atoms with van der Waals surface area (Å²) in [6.45, 7) is 1.85. The number of methoxy groups -OCH3 is 2. The molecule has 0 bridgehead atoms. The minimum atomic E-state index is 0.395. The van der Waals surface area contributed by atoms with Crippen LogP contribution in [0.2, 0.25) is 15.1 Å². The number of halogens is 3. The lowest BCUT2D eigenvalue weighted by molar-refractivity contribution is 0.355. The summed E-state index contributed by atoms with van der Waals surface area (Å²) in [5.41, 5.74) is 4.97. The maximum Gasteiger partial charge on any atom is 0.161 e. The Labute approximate surface area is 150 Å². The zero-order valence-corrected chi connectivity index (χ0v) is 15.1. The molecule has 7 heteroatoms. The van der Waals surface area contributed by atoms with Crippen LogP contribution in [0.1, 0.15) is 12.5 Å². The molecule has 2 aromatic rings. The van der Waals surface area contributed by atoms with Crippen LogP contribution < -0.4 is 14.9 Å². The predicted octanol–water partition coefficient (Wildman–Crippen LogP) is 5.50. The van der Waals surface area contributed by atoms with Gasteiger partial charge in [-0.2, -0.15) is 5.10 Å². The largest absolute Gasteiger partial charge is 0.493 e. The zero-order valence-electron chi connectivity index (χ0n) is 12.8. The third-order valence-corrected chi connectivity index (χ3v) is 3.96. The van der Waals surface area contributed by atoms with E-state index in [0.29, 0.717) is 32.3 Å². The van der Waals surface area contributed by atoms with Crippen molar-refractivity contribution >= 4 is 46.2 Å². The second-order valence-electron chi connectivity index (χ2n) is 4.62. The van der Waals surface area contributed by atoms with E-state index in [9.17, 15) is 0 Å². The number of hydrazone groups is 1. The molecular formula is C16H15Cl3N2O2. The Morgan fingerprint density at radius 1 is 0.957 bits per heavy atom. The van der Waals surface area contributed by atoms with Gasteiger partial charge in [0.2, 0.25) is 0 Å². The molecule has 4 nitrogen and oxygen atoms in total. The molecule has 0 heterocycles. The first-order valence-corrected chi connectivity index (χ1v) is 7.77. The van der Waals surface area contributed by atoms with Gasteiger partial charge in [-0.3, -0.25) is 5.43 Å². The van der Waals surface area contributed by atoms with Crippen LogP contribution in [0.25, 0.3) is 0 Å². The predicted molar refractivity (Wildman–Crippen MR) is 96.9 cm³/mol. The highest BCUT2D eigenvalue weighted by atomic mass is 35.5. The van der Waals surface area contributed by atoms with Crippen LogP contribution in [-0.4, -0.2) is 19.9 Å². The molecule has 2 rings (SSSR count). The SMILES string of the molecule is COc1ccc(/C(C)=N\Nc2c(Cl)cc(Cl)cc2Cl)cc1OC.